The van der Waals surface area contributed by atoms with E-state index in [1.807, 2.05) is 0 Å². The lowest BCUT2D eigenvalue weighted by Gasteiger charge is -2.25. The van der Waals surface area contributed by atoms with Crippen LogP contribution in [0.4, 0.5) is 18.7 Å². The molecular formula is C14H13F2N3O4S2. The number of hydrogen-bond donors (Lipinski definition) is 1. The molecule has 0 saturated carbocycles. The molecule has 0 bridgehead atoms. The van der Waals surface area contributed by atoms with Crippen molar-refractivity contribution in [3.8, 4) is 0 Å². The molecule has 1 aliphatic heterocycles. The summed E-state index contributed by atoms with van der Waals surface area (Å²) in [4.78, 5) is 15.7. The number of fused-ring (bicyclic) bond motifs is 1. The van der Waals surface area contributed by atoms with Crippen LogP contribution in [0.3, 0.4) is 0 Å². The van der Waals surface area contributed by atoms with Crippen LogP contribution in [0.1, 0.15) is 10.6 Å². The molecule has 1 N–H and O–H groups in total. The Hall–Kier alpha value is -2.11. The van der Waals surface area contributed by atoms with E-state index in [-0.39, 0.29) is 13.1 Å². The van der Waals surface area contributed by atoms with E-state index in [0.29, 0.717) is 28.2 Å². The first-order valence-corrected chi connectivity index (χ1v) is 9.35. The quantitative estimate of drug-likeness (QED) is 0.871. The normalized spacial score (nSPS) is 14.8. The minimum atomic E-state index is -4.05. The molecule has 1 aromatic heterocycles. The fourth-order valence-electron chi connectivity index (χ4n) is 2.40. The van der Waals surface area contributed by atoms with Crippen molar-refractivity contribution in [2.45, 2.75) is 17.9 Å². The molecule has 1 aromatic carbocycles. The lowest BCUT2D eigenvalue weighted by molar-refractivity contribution is 0.187. The number of nitrogens with one attached hydrogen (secondary N) is 1. The number of carbonyl (C=O) groups is 1. The Labute approximate surface area is 146 Å². The van der Waals surface area contributed by atoms with E-state index in [1.165, 1.54) is 7.11 Å². The second kappa shape index (κ2) is 6.65. The molecule has 0 unspecified atom stereocenters. The number of hydrogen-bond acceptors (Lipinski definition) is 6. The van der Waals surface area contributed by atoms with Crippen molar-refractivity contribution in [3.05, 3.63) is 40.4 Å². The van der Waals surface area contributed by atoms with Crippen LogP contribution in [-0.2, 0) is 27.7 Å². The lowest BCUT2D eigenvalue weighted by Crippen LogP contribution is -2.35. The van der Waals surface area contributed by atoms with Gasteiger partial charge in [0.1, 0.15) is 11.6 Å². The average Bonchev–Trinajstić information content (AvgIpc) is 2.94. The highest BCUT2D eigenvalue weighted by Crippen LogP contribution is 2.31. The maximum atomic E-state index is 13.3. The molecule has 7 nitrogen and oxygen atoms in total. The van der Waals surface area contributed by atoms with Gasteiger partial charge in [-0.2, -0.15) is 4.31 Å². The summed E-state index contributed by atoms with van der Waals surface area (Å²) in [6.07, 6.45) is -0.350. The maximum Gasteiger partial charge on any atom is 0.413 e. The minimum absolute atomic E-state index is 0.0102. The van der Waals surface area contributed by atoms with Crippen LogP contribution in [-0.4, -0.2) is 37.5 Å². The molecule has 1 aliphatic rings. The highest BCUT2D eigenvalue weighted by molar-refractivity contribution is 7.89. The van der Waals surface area contributed by atoms with Crippen LogP contribution in [0, 0.1) is 11.6 Å². The molecule has 2 aromatic rings. The van der Waals surface area contributed by atoms with E-state index in [0.717, 1.165) is 27.8 Å². The summed E-state index contributed by atoms with van der Waals surface area (Å²) in [5, 5.41) is 2.73. The van der Waals surface area contributed by atoms with Crippen LogP contribution in [0.5, 0.6) is 0 Å². The molecule has 0 saturated heterocycles. The number of ether oxygens (including phenoxy) is 1. The smallest absolute Gasteiger partial charge is 0.413 e. The van der Waals surface area contributed by atoms with E-state index >= 15 is 0 Å². The minimum Gasteiger partial charge on any atom is -0.453 e. The third kappa shape index (κ3) is 3.62. The van der Waals surface area contributed by atoms with E-state index < -0.39 is 32.6 Å². The number of rotatable bonds is 3. The van der Waals surface area contributed by atoms with Gasteiger partial charge in [0.15, 0.2) is 5.13 Å². The number of thiazole rings is 1. The third-order valence-electron chi connectivity index (χ3n) is 3.56. The zero-order valence-electron chi connectivity index (χ0n) is 13.0. The summed E-state index contributed by atoms with van der Waals surface area (Å²) in [5.74, 6) is -1.92. The monoisotopic (exact) mass is 389 g/mol. The molecule has 0 atom stereocenters. The Balaban J connectivity index is 1.85. The highest BCUT2D eigenvalue weighted by Gasteiger charge is 2.31. The van der Waals surface area contributed by atoms with E-state index in [2.05, 4.69) is 15.0 Å². The zero-order chi connectivity index (χ0) is 18.2. The lowest BCUT2D eigenvalue weighted by atomic mass is 10.2. The van der Waals surface area contributed by atoms with Crippen molar-refractivity contribution < 1.29 is 26.7 Å². The molecule has 11 heteroatoms. The van der Waals surface area contributed by atoms with E-state index in [4.69, 9.17) is 0 Å². The first-order chi connectivity index (χ1) is 11.8. The van der Waals surface area contributed by atoms with Crippen LogP contribution >= 0.6 is 11.3 Å². The van der Waals surface area contributed by atoms with Gasteiger partial charge >= 0.3 is 6.09 Å². The van der Waals surface area contributed by atoms with Gasteiger partial charge in [0, 0.05) is 23.9 Å². The van der Waals surface area contributed by atoms with Crippen LogP contribution in [0.25, 0.3) is 0 Å². The average molecular weight is 389 g/mol. The van der Waals surface area contributed by atoms with Crippen molar-refractivity contribution in [3.63, 3.8) is 0 Å². The Bertz CT molecular complexity index is 910. The number of carbonyl (C=O) groups excluding carboxylic acids is 1. The van der Waals surface area contributed by atoms with Crippen molar-refractivity contribution >= 4 is 32.6 Å². The number of amides is 1. The standard InChI is InChI=1S/C14H13F2N3O4S2/c1-23-14(20)18-13-17-11-2-3-19(7-12(11)24-13)25(21,22)10-5-8(15)4-9(16)6-10/h4-6H,2-3,7H2,1H3,(H,17,18,20). The predicted molar refractivity (Wildman–Crippen MR) is 85.8 cm³/mol. The second-order valence-electron chi connectivity index (χ2n) is 5.20. The van der Waals surface area contributed by atoms with E-state index in [9.17, 15) is 22.0 Å². The molecule has 0 aliphatic carbocycles. The first-order valence-electron chi connectivity index (χ1n) is 7.09. The Kier molecular flexibility index (Phi) is 4.71. The number of methoxy groups -OCH3 is 1. The number of halogens is 2. The molecule has 25 heavy (non-hydrogen) atoms. The number of anilines is 1. The van der Waals surface area contributed by atoms with Gasteiger partial charge in [-0.15, -0.1) is 0 Å². The van der Waals surface area contributed by atoms with Gasteiger partial charge in [-0.1, -0.05) is 11.3 Å². The van der Waals surface area contributed by atoms with Crippen molar-refractivity contribution in [2.24, 2.45) is 0 Å². The highest BCUT2D eigenvalue weighted by atomic mass is 32.2. The van der Waals surface area contributed by atoms with Gasteiger partial charge < -0.3 is 4.74 Å². The number of aromatic nitrogens is 1. The number of sulfonamides is 1. The summed E-state index contributed by atoms with van der Waals surface area (Å²) in [6, 6.07) is 2.18. The molecular weight excluding hydrogens is 376 g/mol. The summed E-state index contributed by atoms with van der Waals surface area (Å²) in [7, 11) is -2.83. The van der Waals surface area contributed by atoms with Gasteiger partial charge in [0.25, 0.3) is 0 Å². The summed E-state index contributed by atoms with van der Waals surface area (Å²) in [5.41, 5.74) is 0.674. The van der Waals surface area contributed by atoms with E-state index in [1.54, 1.807) is 0 Å². The Morgan fingerprint density at radius 1 is 1.32 bits per heavy atom. The number of benzene rings is 1. The fourth-order valence-corrected chi connectivity index (χ4v) is 4.94. The predicted octanol–water partition coefficient (Wildman–Crippen LogP) is 2.35. The Morgan fingerprint density at radius 2 is 2.00 bits per heavy atom. The molecule has 3 rings (SSSR count). The molecule has 134 valence electrons. The second-order valence-corrected chi connectivity index (χ2v) is 8.22. The zero-order valence-corrected chi connectivity index (χ0v) is 14.6. The topological polar surface area (TPSA) is 88.6 Å². The van der Waals surface area contributed by atoms with Crippen LogP contribution < -0.4 is 5.32 Å². The first kappa shape index (κ1) is 17.7. The summed E-state index contributed by atoms with van der Waals surface area (Å²) in [6.45, 7) is 0.130. The Morgan fingerprint density at radius 3 is 2.64 bits per heavy atom. The molecule has 1 amide bonds. The van der Waals surface area contributed by atoms with Gasteiger partial charge in [-0.25, -0.2) is 27.0 Å². The SMILES string of the molecule is COC(=O)Nc1nc2c(s1)CN(S(=O)(=O)c1cc(F)cc(F)c1)CC2. The maximum absolute atomic E-state index is 13.3. The van der Waals surface area contributed by atoms with Gasteiger partial charge in [-0.3, -0.25) is 5.32 Å². The summed E-state index contributed by atoms with van der Waals surface area (Å²) < 4.78 is 57.5. The van der Waals surface area contributed by atoms with Crippen molar-refractivity contribution in [1.82, 2.24) is 9.29 Å². The molecule has 0 radical (unpaired) electrons. The van der Waals surface area contributed by atoms with Crippen LogP contribution in [0.2, 0.25) is 0 Å². The fraction of sp³-hybridized carbons (Fsp3) is 0.286. The number of nitrogens with zero attached hydrogens (tertiary/aromatic N) is 2. The third-order valence-corrected chi connectivity index (χ3v) is 6.39. The summed E-state index contributed by atoms with van der Waals surface area (Å²) >= 11 is 1.12. The largest absolute Gasteiger partial charge is 0.453 e. The van der Waals surface area contributed by atoms with Gasteiger partial charge in [-0.05, 0) is 12.1 Å². The molecule has 0 fully saturated rings. The van der Waals surface area contributed by atoms with Crippen molar-refractivity contribution in [1.29, 1.82) is 0 Å². The molecule has 0 spiro atoms. The van der Waals surface area contributed by atoms with Crippen molar-refractivity contribution in [2.75, 3.05) is 19.0 Å². The van der Waals surface area contributed by atoms with Gasteiger partial charge in [0.2, 0.25) is 10.0 Å². The van der Waals surface area contributed by atoms with Crippen LogP contribution in [0.15, 0.2) is 23.1 Å². The van der Waals surface area contributed by atoms with Gasteiger partial charge in [0.05, 0.1) is 24.2 Å². The molecule has 2 heterocycles.